The van der Waals surface area contributed by atoms with Crippen molar-refractivity contribution in [2.24, 2.45) is 5.92 Å². The highest BCUT2D eigenvalue weighted by Gasteiger charge is 2.05. The Kier molecular flexibility index (Phi) is 6.14. The van der Waals surface area contributed by atoms with Crippen LogP contribution in [0.4, 0.5) is 4.39 Å². The summed E-state index contributed by atoms with van der Waals surface area (Å²) in [5.41, 5.74) is 1.19. The lowest BCUT2D eigenvalue weighted by molar-refractivity contribution is 0.453. The molecule has 1 atom stereocenters. The monoisotopic (exact) mass is 301 g/mol. The molecule has 0 aliphatic heterocycles. The zero-order valence-electron chi connectivity index (χ0n) is 10.8. The van der Waals surface area contributed by atoms with Crippen LogP contribution in [0.15, 0.2) is 22.7 Å². The van der Waals surface area contributed by atoms with E-state index in [0.717, 1.165) is 19.4 Å². The van der Waals surface area contributed by atoms with Gasteiger partial charge >= 0.3 is 0 Å². The fourth-order valence-electron chi connectivity index (χ4n) is 1.65. The predicted octanol–water partition coefficient (Wildman–Crippen LogP) is 4.15. The fourth-order valence-corrected chi connectivity index (χ4v) is 2.07. The Morgan fingerprint density at radius 1 is 1.29 bits per heavy atom. The second kappa shape index (κ2) is 7.12. The number of aryl methyl sites for hydroxylation is 1. The van der Waals surface area contributed by atoms with Crippen LogP contribution in [0.5, 0.6) is 0 Å². The molecule has 1 aromatic carbocycles. The van der Waals surface area contributed by atoms with Crippen molar-refractivity contribution >= 4 is 15.9 Å². The zero-order chi connectivity index (χ0) is 12.8. The van der Waals surface area contributed by atoms with Crippen molar-refractivity contribution in [2.45, 2.75) is 39.7 Å². The maximum absolute atomic E-state index is 13.1. The standard InChI is InChI=1S/C14H21BrFN/c1-10(2)17-9-11(3)4-5-12-6-7-14(16)13(15)8-12/h6-8,10-11,17H,4-5,9H2,1-3H3. The molecule has 0 saturated carbocycles. The van der Waals surface area contributed by atoms with E-state index in [1.165, 1.54) is 11.6 Å². The second-order valence-corrected chi connectivity index (χ2v) is 5.81. The lowest BCUT2D eigenvalue weighted by Crippen LogP contribution is -2.28. The summed E-state index contributed by atoms with van der Waals surface area (Å²) in [6, 6.07) is 5.80. The van der Waals surface area contributed by atoms with Gasteiger partial charge < -0.3 is 5.32 Å². The van der Waals surface area contributed by atoms with Gasteiger partial charge in [-0.1, -0.05) is 26.8 Å². The van der Waals surface area contributed by atoms with Crippen LogP contribution in [0.1, 0.15) is 32.8 Å². The van der Waals surface area contributed by atoms with Crippen molar-refractivity contribution in [3.63, 3.8) is 0 Å². The summed E-state index contributed by atoms with van der Waals surface area (Å²) < 4.78 is 13.6. The van der Waals surface area contributed by atoms with Crippen LogP contribution >= 0.6 is 15.9 Å². The summed E-state index contributed by atoms with van der Waals surface area (Å²) in [5.74, 6) is 0.449. The molecule has 0 aromatic heterocycles. The first-order valence-electron chi connectivity index (χ1n) is 6.16. The van der Waals surface area contributed by atoms with Crippen LogP contribution in [0, 0.1) is 11.7 Å². The number of hydrogen-bond acceptors (Lipinski definition) is 1. The number of benzene rings is 1. The SMILES string of the molecule is CC(CCc1ccc(F)c(Br)c1)CNC(C)C. The van der Waals surface area contributed by atoms with E-state index in [0.29, 0.717) is 16.4 Å². The van der Waals surface area contributed by atoms with Gasteiger partial charge in [-0.05, 0) is 58.9 Å². The molecule has 0 amide bonds. The van der Waals surface area contributed by atoms with Gasteiger partial charge in [0, 0.05) is 6.04 Å². The molecule has 3 heteroatoms. The quantitative estimate of drug-likeness (QED) is 0.832. The third kappa shape index (κ3) is 5.64. The summed E-state index contributed by atoms with van der Waals surface area (Å²) in [4.78, 5) is 0. The van der Waals surface area contributed by atoms with E-state index in [9.17, 15) is 4.39 Å². The molecule has 1 unspecified atom stereocenters. The largest absolute Gasteiger partial charge is 0.314 e. The molecule has 0 spiro atoms. The number of halogens is 2. The molecular formula is C14H21BrFN. The van der Waals surface area contributed by atoms with Crippen LogP contribution in [0.3, 0.4) is 0 Å². The van der Waals surface area contributed by atoms with Crippen molar-refractivity contribution in [3.8, 4) is 0 Å². The molecule has 0 heterocycles. The van der Waals surface area contributed by atoms with Gasteiger partial charge in [-0.25, -0.2) is 4.39 Å². The number of nitrogens with one attached hydrogen (secondary N) is 1. The van der Waals surface area contributed by atoms with Gasteiger partial charge in [-0.2, -0.15) is 0 Å². The highest BCUT2D eigenvalue weighted by molar-refractivity contribution is 9.10. The molecule has 0 bridgehead atoms. The Bertz CT molecular complexity index is 352. The molecule has 0 fully saturated rings. The average Bonchev–Trinajstić information content (AvgIpc) is 2.28. The van der Waals surface area contributed by atoms with Crippen LogP contribution in [0.25, 0.3) is 0 Å². The predicted molar refractivity (Wildman–Crippen MR) is 74.7 cm³/mol. The minimum Gasteiger partial charge on any atom is -0.314 e. The van der Waals surface area contributed by atoms with E-state index >= 15 is 0 Å². The first kappa shape index (κ1) is 14.7. The highest BCUT2D eigenvalue weighted by atomic mass is 79.9. The van der Waals surface area contributed by atoms with Crippen molar-refractivity contribution in [1.29, 1.82) is 0 Å². The van der Waals surface area contributed by atoms with Crippen molar-refractivity contribution in [3.05, 3.63) is 34.1 Å². The lowest BCUT2D eigenvalue weighted by Gasteiger charge is -2.14. The minimum atomic E-state index is -0.191. The molecule has 96 valence electrons. The second-order valence-electron chi connectivity index (χ2n) is 4.96. The summed E-state index contributed by atoms with van der Waals surface area (Å²) in [6.07, 6.45) is 2.12. The van der Waals surface area contributed by atoms with Crippen LogP contribution in [0.2, 0.25) is 0 Å². The summed E-state index contributed by atoms with van der Waals surface area (Å²) in [7, 11) is 0. The normalized spacial score (nSPS) is 13.1. The van der Waals surface area contributed by atoms with Gasteiger partial charge in [0.2, 0.25) is 0 Å². The van der Waals surface area contributed by atoms with E-state index in [-0.39, 0.29) is 5.82 Å². The molecule has 1 aromatic rings. The van der Waals surface area contributed by atoms with E-state index in [1.807, 2.05) is 12.1 Å². The van der Waals surface area contributed by atoms with E-state index in [4.69, 9.17) is 0 Å². The van der Waals surface area contributed by atoms with E-state index in [1.54, 1.807) is 0 Å². The third-order valence-electron chi connectivity index (χ3n) is 2.78. The van der Waals surface area contributed by atoms with Gasteiger partial charge in [-0.15, -0.1) is 0 Å². The van der Waals surface area contributed by atoms with Gasteiger partial charge in [0.05, 0.1) is 4.47 Å². The molecule has 0 aliphatic carbocycles. The molecule has 0 saturated heterocycles. The van der Waals surface area contributed by atoms with Crippen molar-refractivity contribution in [1.82, 2.24) is 5.32 Å². The number of hydrogen-bond donors (Lipinski definition) is 1. The Labute approximate surface area is 112 Å². The smallest absolute Gasteiger partial charge is 0.137 e. The molecule has 1 nitrogen and oxygen atoms in total. The molecular weight excluding hydrogens is 281 g/mol. The Balaban J connectivity index is 2.36. The van der Waals surface area contributed by atoms with Crippen molar-refractivity contribution in [2.75, 3.05) is 6.54 Å². The summed E-state index contributed by atoms with van der Waals surface area (Å²) in [6.45, 7) is 7.60. The third-order valence-corrected chi connectivity index (χ3v) is 3.39. The maximum atomic E-state index is 13.1. The Morgan fingerprint density at radius 3 is 2.59 bits per heavy atom. The van der Waals surface area contributed by atoms with Crippen molar-refractivity contribution < 1.29 is 4.39 Å². The van der Waals surface area contributed by atoms with Gasteiger partial charge in [0.15, 0.2) is 0 Å². The fraction of sp³-hybridized carbons (Fsp3) is 0.571. The zero-order valence-corrected chi connectivity index (χ0v) is 12.3. The van der Waals surface area contributed by atoms with Crippen LogP contribution in [-0.2, 0) is 6.42 Å². The van der Waals surface area contributed by atoms with E-state index in [2.05, 4.69) is 42.0 Å². The summed E-state index contributed by atoms with van der Waals surface area (Å²) >= 11 is 3.22. The maximum Gasteiger partial charge on any atom is 0.137 e. The van der Waals surface area contributed by atoms with Gasteiger partial charge in [0.25, 0.3) is 0 Å². The molecule has 1 rings (SSSR count). The first-order valence-corrected chi connectivity index (χ1v) is 6.95. The average molecular weight is 302 g/mol. The topological polar surface area (TPSA) is 12.0 Å². The van der Waals surface area contributed by atoms with Gasteiger partial charge in [0.1, 0.15) is 5.82 Å². The molecule has 0 aliphatic rings. The van der Waals surface area contributed by atoms with Crippen LogP contribution < -0.4 is 5.32 Å². The molecule has 0 radical (unpaired) electrons. The highest BCUT2D eigenvalue weighted by Crippen LogP contribution is 2.18. The molecule has 1 N–H and O–H groups in total. The first-order chi connectivity index (χ1) is 7.99. The summed E-state index contributed by atoms with van der Waals surface area (Å²) in [5, 5.41) is 3.43. The van der Waals surface area contributed by atoms with Crippen LogP contribution in [-0.4, -0.2) is 12.6 Å². The Morgan fingerprint density at radius 2 is 2.00 bits per heavy atom. The Hall–Kier alpha value is -0.410. The molecule has 17 heavy (non-hydrogen) atoms. The lowest BCUT2D eigenvalue weighted by atomic mass is 10.0. The van der Waals surface area contributed by atoms with Gasteiger partial charge in [-0.3, -0.25) is 0 Å². The minimum absolute atomic E-state index is 0.191. The number of rotatable bonds is 6. The van der Waals surface area contributed by atoms with E-state index < -0.39 is 0 Å².